The zero-order valence-corrected chi connectivity index (χ0v) is 10.5. The molecule has 0 aliphatic carbocycles. The lowest BCUT2D eigenvalue weighted by atomic mass is 9.90. The van der Waals surface area contributed by atoms with Crippen LogP contribution >= 0.6 is 0 Å². The Morgan fingerprint density at radius 3 is 2.40 bits per heavy atom. The van der Waals surface area contributed by atoms with Crippen molar-refractivity contribution in [3.8, 4) is 0 Å². The summed E-state index contributed by atoms with van der Waals surface area (Å²) >= 11 is 0. The van der Waals surface area contributed by atoms with Crippen molar-refractivity contribution in [1.29, 1.82) is 0 Å². The van der Waals surface area contributed by atoms with Crippen molar-refractivity contribution in [1.82, 2.24) is 4.90 Å². The highest BCUT2D eigenvalue weighted by molar-refractivity contribution is 4.88. The second-order valence-corrected chi connectivity index (χ2v) is 4.94. The molecule has 0 amide bonds. The number of piperidine rings is 1. The molecule has 1 unspecified atom stereocenters. The summed E-state index contributed by atoms with van der Waals surface area (Å²) in [5.74, 6) is 0.755. The third-order valence-corrected chi connectivity index (χ3v) is 3.98. The van der Waals surface area contributed by atoms with E-state index >= 15 is 0 Å². The van der Waals surface area contributed by atoms with E-state index in [0.717, 1.165) is 25.5 Å². The van der Waals surface area contributed by atoms with Gasteiger partial charge in [-0.1, -0.05) is 6.92 Å². The Labute approximate surface area is 94.0 Å². The van der Waals surface area contributed by atoms with Crippen LogP contribution in [0.5, 0.6) is 0 Å². The predicted octanol–water partition coefficient (Wildman–Crippen LogP) is 1.47. The first-order valence-corrected chi connectivity index (χ1v) is 6.10. The average Bonchev–Trinajstić information content (AvgIpc) is 2.29. The van der Waals surface area contributed by atoms with Gasteiger partial charge in [-0.25, -0.2) is 0 Å². The maximum Gasteiger partial charge on any atom is 0.0491 e. The Hall–Kier alpha value is -0.120. The third-order valence-electron chi connectivity index (χ3n) is 3.98. The number of nitrogens with zero attached hydrogens (tertiary/aromatic N) is 1. The summed E-state index contributed by atoms with van der Waals surface area (Å²) in [5.41, 5.74) is 6.08. The first-order valence-electron chi connectivity index (χ1n) is 6.10. The van der Waals surface area contributed by atoms with Gasteiger partial charge in [-0.05, 0) is 45.2 Å². The molecular weight excluding hydrogens is 188 g/mol. The van der Waals surface area contributed by atoms with E-state index in [1.165, 1.54) is 25.9 Å². The Bertz CT molecular complexity index is 172. The van der Waals surface area contributed by atoms with Gasteiger partial charge in [-0.15, -0.1) is 0 Å². The molecule has 1 saturated heterocycles. The summed E-state index contributed by atoms with van der Waals surface area (Å²) < 4.78 is 5.21. The van der Waals surface area contributed by atoms with Gasteiger partial charge < -0.3 is 10.5 Å². The van der Waals surface area contributed by atoms with Crippen molar-refractivity contribution in [3.05, 3.63) is 0 Å². The molecule has 3 nitrogen and oxygen atoms in total. The lowest BCUT2D eigenvalue weighted by Gasteiger charge is -2.44. The number of hydrogen-bond acceptors (Lipinski definition) is 3. The maximum absolute atomic E-state index is 5.88. The molecule has 0 radical (unpaired) electrons. The Morgan fingerprint density at radius 1 is 1.40 bits per heavy atom. The number of ether oxygens (including phenoxy) is 1. The van der Waals surface area contributed by atoms with Crippen molar-refractivity contribution >= 4 is 0 Å². The Kier molecular flexibility index (Phi) is 5.03. The fourth-order valence-corrected chi connectivity index (χ4v) is 2.37. The number of rotatable bonds is 5. The third kappa shape index (κ3) is 3.16. The van der Waals surface area contributed by atoms with Crippen LogP contribution in [0.2, 0.25) is 0 Å². The Balaban J connectivity index is 2.42. The van der Waals surface area contributed by atoms with Gasteiger partial charge >= 0.3 is 0 Å². The molecule has 0 bridgehead atoms. The summed E-state index contributed by atoms with van der Waals surface area (Å²) in [6.07, 6.45) is 3.64. The second kappa shape index (κ2) is 5.83. The molecule has 1 heterocycles. The molecule has 1 rings (SSSR count). The van der Waals surface area contributed by atoms with Gasteiger partial charge in [0.05, 0.1) is 0 Å². The Morgan fingerprint density at radius 2 is 2.00 bits per heavy atom. The van der Waals surface area contributed by atoms with Crippen LogP contribution in [0.1, 0.15) is 33.1 Å². The summed E-state index contributed by atoms with van der Waals surface area (Å²) in [7, 11) is 1.79. The maximum atomic E-state index is 5.88. The molecule has 1 atom stereocenters. The summed E-state index contributed by atoms with van der Waals surface area (Å²) in [6.45, 7) is 8.54. The molecule has 0 spiro atoms. The van der Waals surface area contributed by atoms with E-state index in [-0.39, 0.29) is 5.54 Å². The predicted molar refractivity (Wildman–Crippen MR) is 63.9 cm³/mol. The number of nitrogens with two attached hydrogens (primary N) is 1. The number of hydrogen-bond donors (Lipinski definition) is 1. The van der Waals surface area contributed by atoms with E-state index in [4.69, 9.17) is 10.5 Å². The standard InChI is InChI=1S/C12H26N2O/c1-4-12(2,10-13)14-7-5-11(6-8-14)9-15-3/h11H,4-10,13H2,1-3H3. The molecular formula is C12H26N2O. The molecule has 90 valence electrons. The molecule has 0 aromatic heterocycles. The first-order chi connectivity index (χ1) is 7.16. The van der Waals surface area contributed by atoms with E-state index in [0.29, 0.717) is 0 Å². The molecule has 0 aromatic rings. The smallest absolute Gasteiger partial charge is 0.0491 e. The fraction of sp³-hybridized carbons (Fsp3) is 1.00. The zero-order chi connectivity index (χ0) is 11.3. The highest BCUT2D eigenvalue weighted by atomic mass is 16.5. The van der Waals surface area contributed by atoms with Crippen LogP contribution in [0.3, 0.4) is 0 Å². The van der Waals surface area contributed by atoms with Gasteiger partial charge in [-0.2, -0.15) is 0 Å². The lowest BCUT2D eigenvalue weighted by molar-refractivity contribution is 0.0407. The topological polar surface area (TPSA) is 38.5 Å². The van der Waals surface area contributed by atoms with Gasteiger partial charge in [0.2, 0.25) is 0 Å². The molecule has 0 aromatic carbocycles. The van der Waals surface area contributed by atoms with E-state index in [2.05, 4.69) is 18.7 Å². The number of methoxy groups -OCH3 is 1. The van der Waals surface area contributed by atoms with Gasteiger partial charge in [0.15, 0.2) is 0 Å². The van der Waals surface area contributed by atoms with Crippen LogP contribution in [0.4, 0.5) is 0 Å². The normalized spacial score (nSPS) is 24.0. The van der Waals surface area contributed by atoms with E-state index in [1.54, 1.807) is 7.11 Å². The number of likely N-dealkylation sites (tertiary alicyclic amines) is 1. The van der Waals surface area contributed by atoms with Crippen molar-refractivity contribution in [2.24, 2.45) is 11.7 Å². The summed E-state index contributed by atoms with van der Waals surface area (Å²) in [6, 6.07) is 0. The highest BCUT2D eigenvalue weighted by Crippen LogP contribution is 2.25. The second-order valence-electron chi connectivity index (χ2n) is 4.94. The highest BCUT2D eigenvalue weighted by Gasteiger charge is 2.31. The van der Waals surface area contributed by atoms with E-state index < -0.39 is 0 Å². The molecule has 15 heavy (non-hydrogen) atoms. The molecule has 2 N–H and O–H groups in total. The van der Waals surface area contributed by atoms with Crippen molar-refractivity contribution < 1.29 is 4.74 Å². The van der Waals surface area contributed by atoms with Crippen LogP contribution < -0.4 is 5.73 Å². The van der Waals surface area contributed by atoms with Crippen LogP contribution in [0.15, 0.2) is 0 Å². The average molecular weight is 214 g/mol. The van der Waals surface area contributed by atoms with Crippen LogP contribution in [0.25, 0.3) is 0 Å². The minimum atomic E-state index is 0.206. The van der Waals surface area contributed by atoms with Crippen LogP contribution in [-0.2, 0) is 4.74 Å². The largest absolute Gasteiger partial charge is 0.384 e. The van der Waals surface area contributed by atoms with Gasteiger partial charge in [0.1, 0.15) is 0 Å². The van der Waals surface area contributed by atoms with Crippen molar-refractivity contribution in [3.63, 3.8) is 0 Å². The SMILES string of the molecule is CCC(C)(CN)N1CCC(COC)CC1. The van der Waals surface area contributed by atoms with Crippen molar-refractivity contribution in [2.75, 3.05) is 33.4 Å². The molecule has 1 fully saturated rings. The van der Waals surface area contributed by atoms with Crippen LogP contribution in [-0.4, -0.2) is 43.8 Å². The summed E-state index contributed by atoms with van der Waals surface area (Å²) in [5, 5.41) is 0. The van der Waals surface area contributed by atoms with Gasteiger partial charge in [0.25, 0.3) is 0 Å². The monoisotopic (exact) mass is 214 g/mol. The molecule has 0 saturated carbocycles. The zero-order valence-electron chi connectivity index (χ0n) is 10.5. The van der Waals surface area contributed by atoms with Crippen LogP contribution in [0, 0.1) is 5.92 Å². The van der Waals surface area contributed by atoms with Gasteiger partial charge in [0, 0.05) is 25.8 Å². The van der Waals surface area contributed by atoms with Crippen molar-refractivity contribution in [2.45, 2.75) is 38.6 Å². The minimum absolute atomic E-state index is 0.206. The molecule has 1 aliphatic heterocycles. The van der Waals surface area contributed by atoms with E-state index in [9.17, 15) is 0 Å². The van der Waals surface area contributed by atoms with E-state index in [1.807, 2.05) is 0 Å². The molecule has 1 aliphatic rings. The fourth-order valence-electron chi connectivity index (χ4n) is 2.37. The summed E-state index contributed by atoms with van der Waals surface area (Å²) in [4.78, 5) is 2.55. The minimum Gasteiger partial charge on any atom is -0.384 e. The first kappa shape index (κ1) is 12.9. The van der Waals surface area contributed by atoms with Gasteiger partial charge in [-0.3, -0.25) is 4.90 Å². The lowest BCUT2D eigenvalue weighted by Crippen LogP contribution is -2.54. The quantitative estimate of drug-likeness (QED) is 0.753. The molecule has 3 heteroatoms.